The van der Waals surface area contributed by atoms with Crippen LogP contribution in [0.3, 0.4) is 0 Å². The van der Waals surface area contributed by atoms with Gasteiger partial charge in [0.1, 0.15) is 17.1 Å². The Hall–Kier alpha value is -4.53. The first-order valence-electron chi connectivity index (χ1n) is 11.8. The second kappa shape index (κ2) is 11.5. The number of ether oxygens (including phenoxy) is 3. The first-order valence-corrected chi connectivity index (χ1v) is 11.8. The molecule has 2 heterocycles. The van der Waals surface area contributed by atoms with Crippen LogP contribution in [0.25, 0.3) is 6.08 Å². The maximum absolute atomic E-state index is 12.9. The molecule has 2 aromatic carbocycles. The number of barbiturate groups is 1. The Bertz CT molecular complexity index is 1310. The van der Waals surface area contributed by atoms with E-state index in [0.29, 0.717) is 42.5 Å². The number of methoxy groups -OCH3 is 1. The van der Waals surface area contributed by atoms with Gasteiger partial charge < -0.3 is 18.6 Å². The van der Waals surface area contributed by atoms with Crippen LogP contribution in [0, 0.1) is 13.8 Å². The second-order valence-electron chi connectivity index (χ2n) is 8.47. The predicted molar refractivity (Wildman–Crippen MR) is 135 cm³/mol. The summed E-state index contributed by atoms with van der Waals surface area (Å²) in [4.78, 5) is 38.4. The van der Waals surface area contributed by atoms with E-state index in [2.05, 4.69) is 5.32 Å². The highest BCUT2D eigenvalue weighted by Gasteiger charge is 2.36. The zero-order valence-electron chi connectivity index (χ0n) is 20.9. The van der Waals surface area contributed by atoms with Gasteiger partial charge in [0.2, 0.25) is 0 Å². The number of furan rings is 1. The highest BCUT2D eigenvalue weighted by atomic mass is 16.5. The van der Waals surface area contributed by atoms with Crippen molar-refractivity contribution < 1.29 is 33.0 Å². The van der Waals surface area contributed by atoms with Gasteiger partial charge in [-0.1, -0.05) is 24.3 Å². The van der Waals surface area contributed by atoms with Crippen molar-refractivity contribution in [2.45, 2.75) is 26.8 Å². The first kappa shape index (κ1) is 25.6. The zero-order chi connectivity index (χ0) is 26.4. The van der Waals surface area contributed by atoms with Crippen molar-refractivity contribution in [3.05, 3.63) is 82.8 Å². The van der Waals surface area contributed by atoms with E-state index < -0.39 is 17.8 Å². The van der Waals surface area contributed by atoms with Crippen LogP contribution < -0.4 is 19.5 Å². The molecular weight excluding hydrogens is 476 g/mol. The molecule has 1 fully saturated rings. The molecule has 37 heavy (non-hydrogen) atoms. The molecule has 0 atom stereocenters. The van der Waals surface area contributed by atoms with Crippen LogP contribution in [0.4, 0.5) is 4.79 Å². The third-order valence-electron chi connectivity index (χ3n) is 5.78. The minimum Gasteiger partial charge on any atom is -0.493 e. The average molecular weight is 505 g/mol. The molecule has 192 valence electrons. The number of hydrogen-bond donors (Lipinski definition) is 1. The summed E-state index contributed by atoms with van der Waals surface area (Å²) in [5.74, 6) is 0.785. The van der Waals surface area contributed by atoms with Crippen LogP contribution in [-0.4, -0.2) is 43.1 Å². The summed E-state index contributed by atoms with van der Waals surface area (Å²) in [6, 6.07) is 13.6. The van der Waals surface area contributed by atoms with Gasteiger partial charge in [-0.3, -0.25) is 19.8 Å². The van der Waals surface area contributed by atoms with Crippen molar-refractivity contribution in [2.75, 3.05) is 20.3 Å². The van der Waals surface area contributed by atoms with E-state index >= 15 is 0 Å². The number of carbonyl (C=O) groups is 3. The Morgan fingerprint density at radius 2 is 1.70 bits per heavy atom. The van der Waals surface area contributed by atoms with Crippen LogP contribution in [0.15, 0.2) is 64.8 Å². The van der Waals surface area contributed by atoms with E-state index in [1.54, 1.807) is 30.3 Å². The van der Waals surface area contributed by atoms with Crippen molar-refractivity contribution in [1.29, 1.82) is 0 Å². The minimum atomic E-state index is -0.800. The van der Waals surface area contributed by atoms with Gasteiger partial charge in [0.15, 0.2) is 11.5 Å². The van der Waals surface area contributed by atoms with Crippen LogP contribution in [0.2, 0.25) is 0 Å². The normalized spacial score (nSPS) is 14.6. The van der Waals surface area contributed by atoms with Gasteiger partial charge in [-0.2, -0.15) is 0 Å². The Morgan fingerprint density at radius 1 is 0.946 bits per heavy atom. The summed E-state index contributed by atoms with van der Waals surface area (Å²) in [7, 11) is 1.51. The number of rotatable bonds is 10. The third kappa shape index (κ3) is 6.00. The van der Waals surface area contributed by atoms with Crippen LogP contribution in [-0.2, 0) is 16.1 Å². The largest absolute Gasteiger partial charge is 0.493 e. The van der Waals surface area contributed by atoms with Crippen molar-refractivity contribution in [1.82, 2.24) is 10.2 Å². The fourth-order valence-corrected chi connectivity index (χ4v) is 3.90. The molecule has 9 nitrogen and oxygen atoms in total. The molecule has 1 aromatic heterocycles. The lowest BCUT2D eigenvalue weighted by atomic mass is 10.1. The van der Waals surface area contributed by atoms with E-state index in [1.165, 1.54) is 19.4 Å². The standard InChI is InChI=1S/C28H28N2O7/c1-18-7-4-8-19(2)25(18)37-14-6-13-36-23-11-10-20(16-24(23)34-3)15-22-26(31)29-28(33)30(27(22)32)17-21-9-5-12-35-21/h4-5,7-12,15-16H,6,13-14,17H2,1-3H3,(H,29,31,33)/b22-15+. The maximum Gasteiger partial charge on any atom is 0.331 e. The predicted octanol–water partition coefficient (Wildman–Crippen LogP) is 4.41. The monoisotopic (exact) mass is 504 g/mol. The quantitative estimate of drug-likeness (QED) is 0.247. The van der Waals surface area contributed by atoms with Gasteiger partial charge in [-0.15, -0.1) is 0 Å². The van der Waals surface area contributed by atoms with Gasteiger partial charge in [-0.25, -0.2) is 4.79 Å². The van der Waals surface area contributed by atoms with Gasteiger partial charge in [0.05, 0.1) is 33.1 Å². The summed E-state index contributed by atoms with van der Waals surface area (Å²) in [6.45, 7) is 4.85. The highest BCUT2D eigenvalue weighted by molar-refractivity contribution is 6.30. The third-order valence-corrected chi connectivity index (χ3v) is 5.78. The summed E-state index contributed by atoms with van der Waals surface area (Å²) in [5.41, 5.74) is 2.54. The SMILES string of the molecule is COc1cc(/C=C2\C(=O)NC(=O)N(Cc3ccco3)C2=O)ccc1OCCCOc1c(C)cccc1C. The van der Waals surface area contributed by atoms with Gasteiger partial charge in [0.25, 0.3) is 11.8 Å². The molecule has 0 unspecified atom stereocenters. The lowest BCUT2D eigenvalue weighted by Crippen LogP contribution is -2.53. The summed E-state index contributed by atoms with van der Waals surface area (Å²) < 4.78 is 22.4. The van der Waals surface area contributed by atoms with Gasteiger partial charge in [-0.05, 0) is 60.9 Å². The van der Waals surface area contributed by atoms with Crippen LogP contribution in [0.5, 0.6) is 17.2 Å². The fraction of sp³-hybridized carbons (Fsp3) is 0.250. The fourth-order valence-electron chi connectivity index (χ4n) is 3.90. The molecule has 0 aliphatic carbocycles. The summed E-state index contributed by atoms with van der Waals surface area (Å²) in [6.07, 6.45) is 3.51. The Balaban J connectivity index is 1.40. The first-order chi connectivity index (χ1) is 17.9. The van der Waals surface area contributed by atoms with Crippen molar-refractivity contribution in [2.24, 2.45) is 0 Å². The van der Waals surface area contributed by atoms with Gasteiger partial charge in [0, 0.05) is 6.42 Å². The number of nitrogens with one attached hydrogen (secondary N) is 1. The Labute approximate surface area is 214 Å². The van der Waals surface area contributed by atoms with E-state index in [0.717, 1.165) is 21.8 Å². The molecule has 1 saturated heterocycles. The molecule has 0 bridgehead atoms. The van der Waals surface area contributed by atoms with Crippen molar-refractivity contribution in [3.63, 3.8) is 0 Å². The second-order valence-corrected chi connectivity index (χ2v) is 8.47. The number of para-hydroxylation sites is 1. The van der Waals surface area contributed by atoms with Gasteiger partial charge >= 0.3 is 6.03 Å². The number of nitrogens with zero attached hydrogens (tertiary/aromatic N) is 1. The molecule has 0 radical (unpaired) electrons. The highest BCUT2D eigenvalue weighted by Crippen LogP contribution is 2.30. The summed E-state index contributed by atoms with van der Waals surface area (Å²) in [5, 5.41) is 2.19. The number of urea groups is 1. The van der Waals surface area contributed by atoms with E-state index in [9.17, 15) is 14.4 Å². The molecule has 1 N–H and O–H groups in total. The maximum atomic E-state index is 12.9. The topological polar surface area (TPSA) is 107 Å². The minimum absolute atomic E-state index is 0.0918. The molecule has 1 aliphatic heterocycles. The molecule has 0 saturated carbocycles. The molecule has 4 rings (SSSR count). The molecule has 3 aromatic rings. The molecule has 1 aliphatic rings. The molecule has 4 amide bonds. The Kier molecular flexibility index (Phi) is 7.92. The van der Waals surface area contributed by atoms with E-state index in [4.69, 9.17) is 18.6 Å². The lowest BCUT2D eigenvalue weighted by molar-refractivity contribution is -0.130. The van der Waals surface area contributed by atoms with Crippen molar-refractivity contribution in [3.8, 4) is 17.2 Å². The number of benzene rings is 2. The number of aryl methyl sites for hydroxylation is 2. The summed E-state index contributed by atoms with van der Waals surface area (Å²) >= 11 is 0. The zero-order valence-corrected chi connectivity index (χ0v) is 20.9. The van der Waals surface area contributed by atoms with E-state index in [-0.39, 0.29) is 12.1 Å². The average Bonchev–Trinajstić information content (AvgIpc) is 3.39. The number of amides is 4. The number of hydrogen-bond acceptors (Lipinski definition) is 7. The number of carbonyl (C=O) groups excluding carboxylic acids is 3. The lowest BCUT2D eigenvalue weighted by Gasteiger charge is -2.25. The van der Waals surface area contributed by atoms with Crippen LogP contribution >= 0.6 is 0 Å². The molecule has 0 spiro atoms. The van der Waals surface area contributed by atoms with Crippen LogP contribution in [0.1, 0.15) is 28.9 Å². The smallest absolute Gasteiger partial charge is 0.331 e. The number of imide groups is 2. The molecular formula is C28H28N2O7. The molecule has 9 heteroatoms. The Morgan fingerprint density at radius 3 is 2.41 bits per heavy atom. The van der Waals surface area contributed by atoms with E-state index in [1.807, 2.05) is 32.0 Å². The van der Waals surface area contributed by atoms with Crippen molar-refractivity contribution >= 4 is 23.9 Å².